The lowest BCUT2D eigenvalue weighted by Crippen LogP contribution is -3.27. The first-order chi connectivity index (χ1) is 10.7. The molecular formula is C18H22F2N2+2. The maximum atomic E-state index is 13.7. The number of halogens is 2. The Hall–Kier alpha value is -1.78. The number of nitrogens with one attached hydrogen (secondary N) is 2. The molecule has 1 saturated heterocycles. The third-order valence-electron chi connectivity index (χ3n) is 4.42. The van der Waals surface area contributed by atoms with E-state index in [1.165, 1.54) is 16.5 Å². The summed E-state index contributed by atoms with van der Waals surface area (Å²) in [6.07, 6.45) is 0. The van der Waals surface area contributed by atoms with Gasteiger partial charge < -0.3 is 9.80 Å². The second kappa shape index (κ2) is 6.99. The van der Waals surface area contributed by atoms with Crippen molar-refractivity contribution in [2.75, 3.05) is 26.2 Å². The molecule has 0 saturated carbocycles. The summed E-state index contributed by atoms with van der Waals surface area (Å²) < 4.78 is 26.6. The Bertz CT molecular complexity index is 608. The van der Waals surface area contributed by atoms with Gasteiger partial charge in [0.05, 0.1) is 0 Å². The van der Waals surface area contributed by atoms with Crippen LogP contribution >= 0.6 is 0 Å². The van der Waals surface area contributed by atoms with Gasteiger partial charge in [0.25, 0.3) is 0 Å². The number of hydrogen-bond acceptors (Lipinski definition) is 0. The molecule has 1 aliphatic heterocycles. The summed E-state index contributed by atoms with van der Waals surface area (Å²) >= 11 is 0. The van der Waals surface area contributed by atoms with Crippen LogP contribution in [0.25, 0.3) is 0 Å². The molecular weight excluding hydrogens is 282 g/mol. The molecule has 0 unspecified atom stereocenters. The lowest BCUT2D eigenvalue weighted by molar-refractivity contribution is -1.02. The second-order valence-electron chi connectivity index (χ2n) is 6.07. The van der Waals surface area contributed by atoms with Crippen LogP contribution in [0.3, 0.4) is 0 Å². The quantitative estimate of drug-likeness (QED) is 0.812. The largest absolute Gasteiger partial charge is 0.322 e. The zero-order valence-electron chi connectivity index (χ0n) is 12.6. The summed E-state index contributed by atoms with van der Waals surface area (Å²) in [5, 5.41) is 0. The summed E-state index contributed by atoms with van der Waals surface area (Å²) in [5.74, 6) is -0.931. The predicted octanol–water partition coefficient (Wildman–Crippen LogP) is 0.448. The van der Waals surface area contributed by atoms with Gasteiger partial charge in [0.15, 0.2) is 0 Å². The minimum Gasteiger partial charge on any atom is -0.322 e. The molecule has 1 fully saturated rings. The van der Waals surface area contributed by atoms with E-state index in [4.69, 9.17) is 0 Å². The highest BCUT2D eigenvalue weighted by atomic mass is 19.1. The molecule has 116 valence electrons. The zero-order chi connectivity index (χ0) is 15.4. The fraction of sp³-hybridized carbons (Fsp3) is 0.333. The molecule has 3 rings (SSSR count). The van der Waals surface area contributed by atoms with E-state index in [1.807, 2.05) is 6.07 Å². The van der Waals surface area contributed by atoms with Gasteiger partial charge in [0.1, 0.15) is 50.9 Å². The van der Waals surface area contributed by atoms with Crippen LogP contribution in [-0.4, -0.2) is 26.2 Å². The van der Waals surface area contributed by atoms with E-state index in [-0.39, 0.29) is 0 Å². The highest BCUT2D eigenvalue weighted by Gasteiger charge is 2.23. The fourth-order valence-corrected chi connectivity index (χ4v) is 3.13. The van der Waals surface area contributed by atoms with Crippen molar-refractivity contribution in [2.45, 2.75) is 13.1 Å². The molecule has 0 radical (unpaired) electrons. The molecule has 22 heavy (non-hydrogen) atoms. The lowest BCUT2D eigenvalue weighted by atomic mass is 10.1. The minimum absolute atomic E-state index is 0.424. The van der Waals surface area contributed by atoms with Crippen molar-refractivity contribution in [3.8, 4) is 0 Å². The van der Waals surface area contributed by atoms with Gasteiger partial charge in [-0.05, 0) is 12.1 Å². The molecule has 0 aromatic heterocycles. The normalized spacial score (nSPS) is 21.7. The lowest BCUT2D eigenvalue weighted by Gasteiger charge is -2.29. The predicted molar refractivity (Wildman–Crippen MR) is 81.6 cm³/mol. The van der Waals surface area contributed by atoms with Gasteiger partial charge in [0.2, 0.25) is 0 Å². The van der Waals surface area contributed by atoms with Crippen molar-refractivity contribution >= 4 is 0 Å². The second-order valence-corrected chi connectivity index (χ2v) is 6.07. The van der Waals surface area contributed by atoms with E-state index >= 15 is 0 Å². The van der Waals surface area contributed by atoms with Crippen molar-refractivity contribution in [1.82, 2.24) is 0 Å². The maximum absolute atomic E-state index is 13.7. The maximum Gasteiger partial charge on any atom is 0.134 e. The van der Waals surface area contributed by atoms with Gasteiger partial charge in [-0.15, -0.1) is 0 Å². The fourth-order valence-electron chi connectivity index (χ4n) is 3.13. The van der Waals surface area contributed by atoms with E-state index in [2.05, 4.69) is 24.3 Å². The van der Waals surface area contributed by atoms with Crippen LogP contribution in [-0.2, 0) is 13.1 Å². The number of quaternary nitrogens is 2. The topological polar surface area (TPSA) is 8.88 Å². The Morgan fingerprint density at radius 1 is 0.773 bits per heavy atom. The van der Waals surface area contributed by atoms with Gasteiger partial charge >= 0.3 is 0 Å². The van der Waals surface area contributed by atoms with Crippen molar-refractivity contribution in [3.05, 3.63) is 71.3 Å². The Morgan fingerprint density at radius 3 is 2.05 bits per heavy atom. The van der Waals surface area contributed by atoms with Crippen LogP contribution in [0.4, 0.5) is 8.78 Å². The Balaban J connectivity index is 1.51. The third-order valence-corrected chi connectivity index (χ3v) is 4.42. The minimum atomic E-state index is -0.506. The monoisotopic (exact) mass is 304 g/mol. The molecule has 0 spiro atoms. The Kier molecular flexibility index (Phi) is 4.80. The number of hydrogen-bond donors (Lipinski definition) is 2. The van der Waals surface area contributed by atoms with E-state index in [0.29, 0.717) is 12.1 Å². The molecule has 4 heteroatoms. The van der Waals surface area contributed by atoms with E-state index in [0.717, 1.165) is 38.8 Å². The van der Waals surface area contributed by atoms with Crippen LogP contribution in [0.15, 0.2) is 48.5 Å². The molecule has 2 N–H and O–H groups in total. The summed E-state index contributed by atoms with van der Waals surface area (Å²) in [6, 6.07) is 14.4. The van der Waals surface area contributed by atoms with Gasteiger partial charge in [-0.2, -0.15) is 0 Å². The summed E-state index contributed by atoms with van der Waals surface area (Å²) in [5.41, 5.74) is 1.98. The van der Waals surface area contributed by atoms with Crippen molar-refractivity contribution < 1.29 is 18.6 Å². The van der Waals surface area contributed by atoms with E-state index in [9.17, 15) is 8.78 Å². The molecule has 1 heterocycles. The summed E-state index contributed by atoms with van der Waals surface area (Å²) in [4.78, 5) is 2.96. The van der Waals surface area contributed by atoms with Crippen LogP contribution in [0, 0.1) is 11.6 Å². The first kappa shape index (κ1) is 15.1. The Morgan fingerprint density at radius 2 is 1.41 bits per heavy atom. The van der Waals surface area contributed by atoms with Gasteiger partial charge in [0, 0.05) is 17.2 Å². The first-order valence-electron chi connectivity index (χ1n) is 7.86. The highest BCUT2D eigenvalue weighted by molar-refractivity contribution is 5.17. The van der Waals surface area contributed by atoms with Crippen LogP contribution in [0.1, 0.15) is 11.1 Å². The molecule has 2 aromatic carbocycles. The van der Waals surface area contributed by atoms with E-state index in [1.54, 1.807) is 11.0 Å². The Labute approximate surface area is 130 Å². The smallest absolute Gasteiger partial charge is 0.134 e. The molecule has 0 atom stereocenters. The average molecular weight is 304 g/mol. The highest BCUT2D eigenvalue weighted by Crippen LogP contribution is 2.08. The van der Waals surface area contributed by atoms with Crippen molar-refractivity contribution in [2.24, 2.45) is 0 Å². The van der Waals surface area contributed by atoms with Crippen molar-refractivity contribution in [3.63, 3.8) is 0 Å². The third kappa shape index (κ3) is 3.90. The SMILES string of the molecule is Fc1ccc(C[NH+]2CC[NH+](Cc3ccccc3)CC2)c(F)c1. The van der Waals surface area contributed by atoms with Crippen LogP contribution < -0.4 is 9.80 Å². The van der Waals surface area contributed by atoms with Gasteiger partial charge in [-0.1, -0.05) is 30.3 Å². The van der Waals surface area contributed by atoms with Crippen LogP contribution in [0.2, 0.25) is 0 Å². The first-order valence-corrected chi connectivity index (χ1v) is 7.86. The molecule has 2 nitrogen and oxygen atoms in total. The number of piperazine rings is 1. The molecule has 0 amide bonds. The van der Waals surface area contributed by atoms with E-state index < -0.39 is 11.6 Å². The average Bonchev–Trinajstić information content (AvgIpc) is 2.53. The number of rotatable bonds is 4. The number of benzene rings is 2. The van der Waals surface area contributed by atoms with Gasteiger partial charge in [-0.25, -0.2) is 8.78 Å². The zero-order valence-corrected chi connectivity index (χ0v) is 12.6. The standard InChI is InChI=1S/C18H20F2N2/c19-17-7-6-16(18(20)12-17)14-22-10-8-21(9-11-22)13-15-4-2-1-3-5-15/h1-7,12H,8-11,13-14H2/p+2. The van der Waals surface area contributed by atoms with Crippen molar-refractivity contribution in [1.29, 1.82) is 0 Å². The summed E-state index contributed by atoms with van der Waals surface area (Å²) in [6.45, 7) is 5.93. The summed E-state index contributed by atoms with van der Waals surface area (Å²) in [7, 11) is 0. The molecule has 1 aliphatic rings. The molecule has 0 aliphatic carbocycles. The van der Waals surface area contributed by atoms with Gasteiger partial charge in [-0.3, -0.25) is 0 Å². The van der Waals surface area contributed by atoms with Crippen LogP contribution in [0.5, 0.6) is 0 Å². The molecule has 2 aromatic rings. The molecule has 0 bridgehead atoms.